The van der Waals surface area contributed by atoms with Crippen molar-refractivity contribution in [1.29, 1.82) is 0 Å². The summed E-state index contributed by atoms with van der Waals surface area (Å²) < 4.78 is 37.6. The first kappa shape index (κ1) is 13.7. The first-order valence-corrected chi connectivity index (χ1v) is 6.39. The molecule has 2 rings (SSSR count). The second-order valence-electron chi connectivity index (χ2n) is 3.97. The predicted molar refractivity (Wildman–Crippen MR) is 66.1 cm³/mol. The molecule has 98 valence electrons. The number of rotatable bonds is 1. The van der Waals surface area contributed by atoms with Crippen LogP contribution in [0.15, 0.2) is 18.2 Å². The summed E-state index contributed by atoms with van der Waals surface area (Å²) >= 11 is 8.91. The topological polar surface area (TPSA) is 20.3 Å². The van der Waals surface area contributed by atoms with Gasteiger partial charge < -0.3 is 4.90 Å². The smallest absolute Gasteiger partial charge is 0.311 e. The van der Waals surface area contributed by atoms with Crippen LogP contribution in [0.3, 0.4) is 0 Å². The Kier molecular flexibility index (Phi) is 3.60. The number of hydrogen-bond acceptors (Lipinski definition) is 1. The summed E-state index contributed by atoms with van der Waals surface area (Å²) in [6, 6.07) is 3.33. The fourth-order valence-corrected chi connectivity index (χ4v) is 2.66. The molecule has 1 amide bonds. The Hall–Kier alpha value is -0.750. The van der Waals surface area contributed by atoms with Crippen LogP contribution in [0.25, 0.3) is 0 Å². The molecule has 18 heavy (non-hydrogen) atoms. The minimum atomic E-state index is -4.48. The van der Waals surface area contributed by atoms with E-state index in [2.05, 4.69) is 15.9 Å². The monoisotopic (exact) mass is 341 g/mol. The maximum absolute atomic E-state index is 12.5. The van der Waals surface area contributed by atoms with E-state index in [1.165, 1.54) is 17.0 Å². The van der Waals surface area contributed by atoms with Crippen molar-refractivity contribution in [3.8, 4) is 0 Å². The molecule has 1 aliphatic heterocycles. The third-order valence-electron chi connectivity index (χ3n) is 2.65. The van der Waals surface area contributed by atoms with Crippen molar-refractivity contribution in [2.24, 2.45) is 0 Å². The fourth-order valence-electron chi connectivity index (χ4n) is 1.82. The molecule has 0 bridgehead atoms. The largest absolute Gasteiger partial charge is 0.417 e. The number of nitrogens with zero attached hydrogens (tertiary/aromatic N) is 1. The summed E-state index contributed by atoms with van der Waals surface area (Å²) in [5.41, 5.74) is -0.505. The molecule has 0 aliphatic carbocycles. The van der Waals surface area contributed by atoms with Crippen LogP contribution in [0, 0.1) is 0 Å². The number of halogens is 5. The van der Waals surface area contributed by atoms with E-state index in [9.17, 15) is 18.0 Å². The van der Waals surface area contributed by atoms with Gasteiger partial charge in [0.2, 0.25) is 5.91 Å². The number of carbonyl (C=O) groups is 1. The third kappa shape index (κ3) is 2.64. The average Bonchev–Trinajstić information content (AvgIpc) is 2.55. The molecule has 0 spiro atoms. The van der Waals surface area contributed by atoms with E-state index in [0.717, 1.165) is 6.07 Å². The van der Waals surface area contributed by atoms with E-state index in [0.29, 0.717) is 18.7 Å². The van der Waals surface area contributed by atoms with Gasteiger partial charge in [0.15, 0.2) is 0 Å². The Morgan fingerprint density at radius 3 is 2.50 bits per heavy atom. The van der Waals surface area contributed by atoms with Crippen molar-refractivity contribution in [2.45, 2.75) is 17.4 Å². The number of alkyl halides is 4. The van der Waals surface area contributed by atoms with Crippen LogP contribution in [0.4, 0.5) is 18.9 Å². The molecule has 1 aromatic carbocycles. The highest BCUT2D eigenvalue weighted by Crippen LogP contribution is 2.37. The lowest BCUT2D eigenvalue weighted by molar-refractivity contribution is -0.137. The number of carbonyl (C=O) groups excluding carboxylic acids is 1. The molecular formula is C11H8BrClF3NO. The van der Waals surface area contributed by atoms with Crippen LogP contribution in [-0.4, -0.2) is 17.3 Å². The van der Waals surface area contributed by atoms with Gasteiger partial charge in [-0.15, -0.1) is 0 Å². The molecular weight excluding hydrogens is 334 g/mol. The molecule has 2 nitrogen and oxygen atoms in total. The van der Waals surface area contributed by atoms with Gasteiger partial charge in [-0.1, -0.05) is 27.5 Å². The van der Waals surface area contributed by atoms with Gasteiger partial charge in [-0.25, -0.2) is 0 Å². The van der Waals surface area contributed by atoms with Gasteiger partial charge in [0.05, 0.1) is 10.6 Å². The summed E-state index contributed by atoms with van der Waals surface area (Å²) in [4.78, 5) is 13.1. The van der Waals surface area contributed by atoms with Crippen LogP contribution in [0.1, 0.15) is 12.0 Å². The van der Waals surface area contributed by atoms with Crippen LogP contribution >= 0.6 is 27.5 Å². The molecule has 1 aromatic rings. The van der Waals surface area contributed by atoms with Gasteiger partial charge in [-0.05, 0) is 18.2 Å². The normalized spacial score (nSPS) is 20.6. The first-order valence-electron chi connectivity index (χ1n) is 5.10. The van der Waals surface area contributed by atoms with Gasteiger partial charge >= 0.3 is 6.18 Å². The quantitative estimate of drug-likeness (QED) is 0.710. The van der Waals surface area contributed by atoms with Gasteiger partial charge in [-0.3, -0.25) is 4.79 Å². The minimum absolute atomic E-state index is 0.0195. The first-order chi connectivity index (χ1) is 8.29. The highest BCUT2D eigenvalue weighted by Gasteiger charge is 2.34. The molecule has 0 saturated carbocycles. The highest BCUT2D eigenvalue weighted by molar-refractivity contribution is 9.09. The van der Waals surface area contributed by atoms with Crippen molar-refractivity contribution in [3.63, 3.8) is 0 Å². The maximum atomic E-state index is 12.5. The van der Waals surface area contributed by atoms with Crippen LogP contribution in [0.2, 0.25) is 5.02 Å². The van der Waals surface area contributed by atoms with Gasteiger partial charge in [0, 0.05) is 23.5 Å². The van der Waals surface area contributed by atoms with Gasteiger partial charge in [-0.2, -0.15) is 13.2 Å². The Morgan fingerprint density at radius 1 is 1.39 bits per heavy atom. The zero-order valence-corrected chi connectivity index (χ0v) is 11.3. The van der Waals surface area contributed by atoms with Crippen molar-refractivity contribution >= 4 is 39.1 Å². The lowest BCUT2D eigenvalue weighted by atomic mass is 10.2. The second kappa shape index (κ2) is 4.74. The molecule has 1 fully saturated rings. The Balaban J connectivity index is 2.32. The van der Waals surface area contributed by atoms with Crippen molar-refractivity contribution in [2.75, 3.05) is 11.4 Å². The number of anilines is 1. The number of amides is 1. The third-order valence-corrected chi connectivity index (χ3v) is 3.57. The molecule has 7 heteroatoms. The zero-order valence-electron chi connectivity index (χ0n) is 8.97. The van der Waals surface area contributed by atoms with E-state index < -0.39 is 16.8 Å². The maximum Gasteiger partial charge on any atom is 0.417 e. The van der Waals surface area contributed by atoms with E-state index >= 15 is 0 Å². The lowest BCUT2D eigenvalue weighted by Gasteiger charge is -2.18. The molecule has 1 aliphatic rings. The SMILES string of the molecule is O=C1CC(Br)CN1c1ccc(C(F)(F)F)c(Cl)c1. The Bertz CT molecular complexity index is 492. The van der Waals surface area contributed by atoms with Crippen LogP contribution in [-0.2, 0) is 11.0 Å². The molecule has 1 unspecified atom stereocenters. The molecule has 0 aromatic heterocycles. The van der Waals surface area contributed by atoms with E-state index in [4.69, 9.17) is 11.6 Å². The van der Waals surface area contributed by atoms with Crippen molar-refractivity contribution in [1.82, 2.24) is 0 Å². The van der Waals surface area contributed by atoms with Crippen molar-refractivity contribution in [3.05, 3.63) is 28.8 Å². The molecule has 1 atom stereocenters. The predicted octanol–water partition coefficient (Wildman–Crippen LogP) is 3.86. The van der Waals surface area contributed by atoms with E-state index in [-0.39, 0.29) is 10.7 Å². The molecule has 1 saturated heterocycles. The Labute approximate surface area is 115 Å². The van der Waals surface area contributed by atoms with E-state index in [1.807, 2.05) is 0 Å². The van der Waals surface area contributed by atoms with Crippen molar-refractivity contribution < 1.29 is 18.0 Å². The van der Waals surface area contributed by atoms with Gasteiger partial charge in [0.1, 0.15) is 0 Å². The highest BCUT2D eigenvalue weighted by atomic mass is 79.9. The van der Waals surface area contributed by atoms with Gasteiger partial charge in [0.25, 0.3) is 0 Å². The lowest BCUT2D eigenvalue weighted by Crippen LogP contribution is -2.24. The number of hydrogen-bond donors (Lipinski definition) is 0. The zero-order chi connectivity index (χ0) is 13.5. The molecule has 0 N–H and O–H groups in total. The molecule has 1 heterocycles. The summed E-state index contributed by atoms with van der Waals surface area (Å²) in [6.07, 6.45) is -4.15. The minimum Gasteiger partial charge on any atom is -0.311 e. The standard InChI is InChI=1S/C11H8BrClF3NO/c12-6-3-10(18)17(5-6)7-1-2-8(9(13)4-7)11(14,15)16/h1-2,4,6H,3,5H2. The Morgan fingerprint density at radius 2 is 2.06 bits per heavy atom. The summed E-state index contributed by atoms with van der Waals surface area (Å²) in [5.74, 6) is -0.132. The average molecular weight is 343 g/mol. The summed E-state index contributed by atoms with van der Waals surface area (Å²) in [5, 5.41) is -0.397. The summed E-state index contributed by atoms with van der Waals surface area (Å²) in [6.45, 7) is 0.431. The fraction of sp³-hybridized carbons (Fsp3) is 0.364. The van der Waals surface area contributed by atoms with Crippen LogP contribution < -0.4 is 4.90 Å². The van der Waals surface area contributed by atoms with E-state index in [1.54, 1.807) is 0 Å². The second-order valence-corrected chi connectivity index (χ2v) is 5.67. The van der Waals surface area contributed by atoms with Crippen LogP contribution in [0.5, 0.6) is 0 Å². The number of benzene rings is 1. The molecule has 0 radical (unpaired) electrons. The summed E-state index contributed by atoms with van der Waals surface area (Å²) in [7, 11) is 0.